The van der Waals surface area contributed by atoms with E-state index >= 15 is 0 Å². The van der Waals surface area contributed by atoms with Crippen LogP contribution in [-0.2, 0) is 11.2 Å². The fraction of sp³-hybridized carbons (Fsp3) is 0.333. The fourth-order valence-corrected chi connectivity index (χ4v) is 2.07. The smallest absolute Gasteiger partial charge is 0.339 e. The molecule has 0 fully saturated rings. The Kier molecular flexibility index (Phi) is 4.20. The van der Waals surface area contributed by atoms with Gasteiger partial charge in [0.25, 0.3) is 0 Å². The molecule has 0 bridgehead atoms. The fourth-order valence-electron chi connectivity index (χ4n) is 2.07. The summed E-state index contributed by atoms with van der Waals surface area (Å²) in [7, 11) is 3.25. The van der Waals surface area contributed by atoms with E-state index in [2.05, 4.69) is 5.32 Å². The van der Waals surface area contributed by atoms with Gasteiger partial charge >= 0.3 is 5.63 Å². The predicted molar refractivity (Wildman–Crippen MR) is 76.3 cm³/mol. The zero-order chi connectivity index (χ0) is 14.7. The van der Waals surface area contributed by atoms with Gasteiger partial charge in [0.15, 0.2) is 0 Å². The lowest BCUT2D eigenvalue weighted by molar-refractivity contribution is -0.118. The van der Waals surface area contributed by atoms with E-state index in [1.165, 1.54) is 6.92 Å². The van der Waals surface area contributed by atoms with Crippen LogP contribution in [0.3, 0.4) is 0 Å². The molecule has 20 heavy (non-hydrogen) atoms. The molecule has 0 spiro atoms. The highest BCUT2D eigenvalue weighted by molar-refractivity contribution is 5.82. The van der Waals surface area contributed by atoms with Crippen molar-refractivity contribution in [2.24, 2.45) is 0 Å². The quantitative estimate of drug-likeness (QED) is 0.838. The number of carbonyl (C=O) groups is 1. The van der Waals surface area contributed by atoms with Gasteiger partial charge in [0.2, 0.25) is 0 Å². The molecule has 5 nitrogen and oxygen atoms in total. The normalized spacial score (nSPS) is 12.3. The van der Waals surface area contributed by atoms with Crippen LogP contribution in [0.1, 0.15) is 12.5 Å². The molecule has 0 aliphatic carbocycles. The van der Waals surface area contributed by atoms with Crippen molar-refractivity contribution in [2.75, 3.05) is 14.2 Å². The van der Waals surface area contributed by atoms with Gasteiger partial charge in [-0.1, -0.05) is 0 Å². The summed E-state index contributed by atoms with van der Waals surface area (Å²) in [5.41, 5.74) is 0.534. The number of hydrogen-bond donors (Lipinski definition) is 1. The molecule has 0 aliphatic rings. The number of fused-ring (bicyclic) bond motifs is 1. The van der Waals surface area contributed by atoms with Crippen LogP contribution in [0.2, 0.25) is 0 Å². The number of ether oxygens (including phenoxy) is 1. The third-order valence-electron chi connectivity index (χ3n) is 3.28. The number of benzene rings is 1. The third-order valence-corrected chi connectivity index (χ3v) is 3.28. The molecule has 1 heterocycles. The molecule has 1 aromatic carbocycles. The first-order chi connectivity index (χ1) is 9.55. The summed E-state index contributed by atoms with van der Waals surface area (Å²) in [6.45, 7) is 1.49. The van der Waals surface area contributed by atoms with E-state index in [9.17, 15) is 9.59 Å². The average Bonchev–Trinajstić information content (AvgIpc) is 2.43. The van der Waals surface area contributed by atoms with Crippen molar-refractivity contribution in [2.45, 2.75) is 19.4 Å². The molecule has 5 heteroatoms. The van der Waals surface area contributed by atoms with Gasteiger partial charge in [0, 0.05) is 23.4 Å². The van der Waals surface area contributed by atoms with E-state index < -0.39 is 5.63 Å². The Morgan fingerprint density at radius 3 is 2.75 bits per heavy atom. The second-order valence-electron chi connectivity index (χ2n) is 4.62. The zero-order valence-corrected chi connectivity index (χ0v) is 11.7. The molecular formula is C15H17NO4. The molecule has 0 unspecified atom stereocenters. The molecule has 1 N–H and O–H groups in total. The van der Waals surface area contributed by atoms with Gasteiger partial charge < -0.3 is 14.5 Å². The SMILES string of the molecule is CN[C@@H](Cc1cc2ccc(OC)cc2oc1=O)C(C)=O. The van der Waals surface area contributed by atoms with E-state index in [1.54, 1.807) is 32.4 Å². The molecule has 2 aromatic rings. The maximum absolute atomic E-state index is 12.0. The third kappa shape index (κ3) is 2.88. The van der Waals surface area contributed by atoms with Crippen LogP contribution < -0.4 is 15.7 Å². The number of hydrogen-bond acceptors (Lipinski definition) is 5. The van der Waals surface area contributed by atoms with E-state index in [0.717, 1.165) is 5.39 Å². The van der Waals surface area contributed by atoms with Crippen LogP contribution in [0.15, 0.2) is 33.5 Å². The van der Waals surface area contributed by atoms with Crippen molar-refractivity contribution in [1.29, 1.82) is 0 Å². The number of ketones is 1. The van der Waals surface area contributed by atoms with Crippen molar-refractivity contribution in [3.63, 3.8) is 0 Å². The van der Waals surface area contributed by atoms with E-state index in [0.29, 0.717) is 23.3 Å². The summed E-state index contributed by atoms with van der Waals surface area (Å²) in [6.07, 6.45) is 0.316. The number of rotatable bonds is 5. The van der Waals surface area contributed by atoms with Crippen LogP contribution in [0.25, 0.3) is 11.0 Å². The predicted octanol–water partition coefficient (Wildman–Crippen LogP) is 1.52. The standard InChI is InChI=1S/C15H17NO4/c1-9(17)13(16-2)7-11-6-10-4-5-12(19-3)8-14(10)20-15(11)18/h4-6,8,13,16H,7H2,1-3H3/t13-/m0/s1. The molecule has 1 aromatic heterocycles. The van der Waals surface area contributed by atoms with E-state index in [1.807, 2.05) is 6.07 Å². The first-order valence-electron chi connectivity index (χ1n) is 6.33. The van der Waals surface area contributed by atoms with Crippen molar-refractivity contribution in [1.82, 2.24) is 5.32 Å². The maximum Gasteiger partial charge on any atom is 0.339 e. The number of Topliss-reactive ketones (excluding diaryl/α,β-unsaturated/α-hetero) is 1. The summed E-state index contributed by atoms with van der Waals surface area (Å²) in [5, 5.41) is 3.70. The van der Waals surface area contributed by atoms with Crippen LogP contribution in [-0.4, -0.2) is 26.0 Å². The lowest BCUT2D eigenvalue weighted by Gasteiger charge is -2.12. The zero-order valence-electron chi connectivity index (χ0n) is 11.7. The molecule has 106 valence electrons. The monoisotopic (exact) mass is 275 g/mol. The second kappa shape index (κ2) is 5.88. The minimum Gasteiger partial charge on any atom is -0.497 e. The van der Waals surface area contributed by atoms with Crippen LogP contribution in [0, 0.1) is 0 Å². The molecule has 0 saturated heterocycles. The lowest BCUT2D eigenvalue weighted by atomic mass is 10.0. The molecule has 0 saturated carbocycles. The van der Waals surface area contributed by atoms with Gasteiger partial charge in [-0.25, -0.2) is 4.79 Å². The van der Waals surface area contributed by atoms with Crippen LogP contribution in [0.5, 0.6) is 5.75 Å². The number of nitrogens with one attached hydrogen (secondary N) is 1. The van der Waals surface area contributed by atoms with Gasteiger partial charge in [-0.05, 0) is 32.2 Å². The maximum atomic E-state index is 12.0. The van der Waals surface area contributed by atoms with Crippen molar-refractivity contribution in [3.05, 3.63) is 40.2 Å². The highest BCUT2D eigenvalue weighted by atomic mass is 16.5. The molecular weight excluding hydrogens is 258 g/mol. The number of carbonyl (C=O) groups excluding carboxylic acids is 1. The van der Waals surface area contributed by atoms with Crippen LogP contribution in [0.4, 0.5) is 0 Å². The van der Waals surface area contributed by atoms with Crippen molar-refractivity contribution < 1.29 is 13.9 Å². The highest BCUT2D eigenvalue weighted by Gasteiger charge is 2.16. The first-order valence-corrected chi connectivity index (χ1v) is 6.33. The summed E-state index contributed by atoms with van der Waals surface area (Å²) in [4.78, 5) is 23.4. The minimum atomic E-state index is -0.424. The molecule has 0 aliphatic heterocycles. The average molecular weight is 275 g/mol. The summed E-state index contributed by atoms with van der Waals surface area (Å²) >= 11 is 0. The summed E-state index contributed by atoms with van der Waals surface area (Å²) in [5.74, 6) is 0.618. The van der Waals surface area contributed by atoms with Crippen molar-refractivity contribution in [3.8, 4) is 5.75 Å². The topological polar surface area (TPSA) is 68.5 Å². The first kappa shape index (κ1) is 14.3. The Morgan fingerprint density at radius 1 is 1.40 bits per heavy atom. The Morgan fingerprint density at radius 2 is 2.15 bits per heavy atom. The van der Waals surface area contributed by atoms with Crippen LogP contribution >= 0.6 is 0 Å². The summed E-state index contributed by atoms with van der Waals surface area (Å²) in [6, 6.07) is 6.67. The van der Waals surface area contributed by atoms with E-state index in [4.69, 9.17) is 9.15 Å². The van der Waals surface area contributed by atoms with Gasteiger partial charge in [0.1, 0.15) is 17.1 Å². The minimum absolute atomic E-state index is 0.0123. The summed E-state index contributed by atoms with van der Waals surface area (Å²) < 4.78 is 10.4. The number of methoxy groups -OCH3 is 1. The second-order valence-corrected chi connectivity index (χ2v) is 4.62. The Balaban J connectivity index is 2.43. The highest BCUT2D eigenvalue weighted by Crippen LogP contribution is 2.20. The van der Waals surface area contributed by atoms with Gasteiger partial charge in [-0.2, -0.15) is 0 Å². The Labute approximate surface area is 116 Å². The largest absolute Gasteiger partial charge is 0.497 e. The molecule has 2 rings (SSSR count). The lowest BCUT2D eigenvalue weighted by Crippen LogP contribution is -2.35. The Hall–Kier alpha value is -2.14. The Bertz CT molecular complexity index is 690. The molecule has 0 amide bonds. The van der Waals surface area contributed by atoms with Gasteiger partial charge in [0.05, 0.1) is 13.2 Å². The van der Waals surface area contributed by atoms with E-state index in [-0.39, 0.29) is 11.8 Å². The van der Waals surface area contributed by atoms with Crippen molar-refractivity contribution >= 4 is 16.8 Å². The van der Waals surface area contributed by atoms with Gasteiger partial charge in [-0.15, -0.1) is 0 Å². The molecule has 0 radical (unpaired) electrons. The van der Waals surface area contributed by atoms with Gasteiger partial charge in [-0.3, -0.25) is 4.79 Å². The number of likely N-dealkylation sites (N-methyl/N-ethyl adjacent to an activating group) is 1. The molecule has 1 atom stereocenters.